The van der Waals surface area contributed by atoms with Gasteiger partial charge >= 0.3 is 11.4 Å². The number of hydrogen-bond acceptors (Lipinski definition) is 6. The molecule has 112 valence electrons. The van der Waals surface area contributed by atoms with Crippen LogP contribution in [0.4, 0.5) is 5.82 Å². The van der Waals surface area contributed by atoms with Crippen molar-refractivity contribution < 1.29 is 12.8 Å². The summed E-state index contributed by atoms with van der Waals surface area (Å²) in [5.41, 5.74) is -0.716. The minimum atomic E-state index is -3.92. The first-order chi connectivity index (χ1) is 10.5. The Kier molecular flexibility index (Phi) is 3.26. The van der Waals surface area contributed by atoms with Crippen LogP contribution in [0.3, 0.4) is 0 Å². The molecule has 0 saturated heterocycles. The number of anilines is 1. The largest absolute Gasteiger partial charge is 0.419 e. The maximum absolute atomic E-state index is 12.3. The third-order valence-electron chi connectivity index (χ3n) is 2.85. The zero-order valence-corrected chi connectivity index (χ0v) is 11.8. The molecule has 0 saturated carbocycles. The van der Waals surface area contributed by atoms with Crippen LogP contribution >= 0.6 is 0 Å². The number of aromatic nitrogens is 2. The molecule has 0 bridgehead atoms. The molecule has 0 spiro atoms. The van der Waals surface area contributed by atoms with Crippen LogP contribution in [0.5, 0.6) is 0 Å². The van der Waals surface area contributed by atoms with E-state index in [1.165, 1.54) is 24.4 Å². The van der Waals surface area contributed by atoms with Crippen molar-refractivity contribution in [2.45, 2.75) is 4.90 Å². The van der Waals surface area contributed by atoms with Gasteiger partial charge in [-0.3, -0.25) is 9.71 Å². The zero-order chi connectivity index (χ0) is 15.7. The van der Waals surface area contributed by atoms with Gasteiger partial charge < -0.3 is 4.42 Å². The molecule has 0 radical (unpaired) electrons. The summed E-state index contributed by atoms with van der Waals surface area (Å²) in [7, 11) is -3.92. The third kappa shape index (κ3) is 2.61. The molecule has 0 aliphatic heterocycles. The van der Waals surface area contributed by atoms with Gasteiger partial charge in [0.05, 0.1) is 15.8 Å². The Balaban J connectivity index is 2.10. The number of nitrogens with zero attached hydrogens (tertiary/aromatic N) is 1. The van der Waals surface area contributed by atoms with Gasteiger partial charge in [-0.1, -0.05) is 6.07 Å². The van der Waals surface area contributed by atoms with Crippen LogP contribution in [0.1, 0.15) is 0 Å². The van der Waals surface area contributed by atoms with Gasteiger partial charge in [-0.25, -0.2) is 23.0 Å². The highest BCUT2D eigenvalue weighted by Crippen LogP contribution is 2.17. The molecule has 0 atom stereocenters. The van der Waals surface area contributed by atoms with Crippen LogP contribution in [0, 0.1) is 0 Å². The first-order valence-corrected chi connectivity index (χ1v) is 7.55. The molecule has 0 aliphatic carbocycles. The predicted molar refractivity (Wildman–Crippen MR) is 78.2 cm³/mol. The Morgan fingerprint density at radius 3 is 2.68 bits per heavy atom. The van der Waals surface area contributed by atoms with Crippen molar-refractivity contribution in [3.05, 3.63) is 63.6 Å². The van der Waals surface area contributed by atoms with Crippen molar-refractivity contribution in [1.29, 1.82) is 0 Å². The molecule has 2 aromatic heterocycles. The molecule has 3 aromatic rings. The van der Waals surface area contributed by atoms with E-state index in [2.05, 4.69) is 19.1 Å². The van der Waals surface area contributed by atoms with Gasteiger partial charge in [-0.05, 0) is 30.3 Å². The van der Waals surface area contributed by atoms with Gasteiger partial charge in [0, 0.05) is 6.20 Å². The van der Waals surface area contributed by atoms with Crippen LogP contribution in [0.25, 0.3) is 10.9 Å². The van der Waals surface area contributed by atoms with Crippen LogP contribution in [0.2, 0.25) is 0 Å². The normalized spacial score (nSPS) is 11.5. The van der Waals surface area contributed by atoms with Gasteiger partial charge in [0.15, 0.2) is 0 Å². The quantitative estimate of drug-likeness (QED) is 0.732. The first kappa shape index (κ1) is 14.0. The molecule has 9 heteroatoms. The molecule has 0 unspecified atom stereocenters. The molecule has 8 nitrogen and oxygen atoms in total. The van der Waals surface area contributed by atoms with E-state index in [4.69, 9.17) is 0 Å². The molecule has 0 amide bonds. The molecule has 22 heavy (non-hydrogen) atoms. The lowest BCUT2D eigenvalue weighted by Gasteiger charge is -2.07. The van der Waals surface area contributed by atoms with Gasteiger partial charge in [0.2, 0.25) is 0 Å². The predicted octanol–water partition coefficient (Wildman–Crippen LogP) is 0.677. The SMILES string of the molecule is O=c1[nH]c2ccc(S(=O)(=O)Nc3ccccn3)cc2c(=O)o1. The second-order valence-electron chi connectivity index (χ2n) is 4.33. The van der Waals surface area contributed by atoms with Gasteiger partial charge in [0.1, 0.15) is 5.82 Å². The number of nitrogens with one attached hydrogen (secondary N) is 2. The molecule has 0 fully saturated rings. The number of fused-ring (bicyclic) bond motifs is 1. The summed E-state index contributed by atoms with van der Waals surface area (Å²) < 4.78 is 31.2. The Labute approximate surface area is 123 Å². The van der Waals surface area contributed by atoms with Crippen molar-refractivity contribution in [1.82, 2.24) is 9.97 Å². The number of hydrogen-bond donors (Lipinski definition) is 2. The second-order valence-corrected chi connectivity index (χ2v) is 6.01. The molecule has 2 heterocycles. The average Bonchev–Trinajstić information content (AvgIpc) is 2.47. The number of H-pyrrole nitrogens is 1. The van der Waals surface area contributed by atoms with E-state index >= 15 is 0 Å². The fourth-order valence-corrected chi connectivity index (χ4v) is 2.90. The van der Waals surface area contributed by atoms with Gasteiger partial charge in [0.25, 0.3) is 10.0 Å². The van der Waals surface area contributed by atoms with Crippen molar-refractivity contribution in [2.75, 3.05) is 4.72 Å². The highest BCUT2D eigenvalue weighted by atomic mass is 32.2. The fraction of sp³-hybridized carbons (Fsp3) is 0. The van der Waals surface area contributed by atoms with Crippen molar-refractivity contribution >= 4 is 26.7 Å². The Bertz CT molecular complexity index is 1050. The number of aromatic amines is 1. The van der Waals surface area contributed by atoms with E-state index in [0.29, 0.717) is 0 Å². The molecule has 0 aliphatic rings. The van der Waals surface area contributed by atoms with E-state index in [9.17, 15) is 18.0 Å². The van der Waals surface area contributed by atoms with E-state index in [1.807, 2.05) is 0 Å². The summed E-state index contributed by atoms with van der Waals surface area (Å²) >= 11 is 0. The number of pyridine rings is 1. The highest BCUT2D eigenvalue weighted by molar-refractivity contribution is 7.92. The maximum atomic E-state index is 12.3. The van der Waals surface area contributed by atoms with Gasteiger partial charge in [-0.15, -0.1) is 0 Å². The smallest absolute Gasteiger partial charge is 0.372 e. The second kappa shape index (κ2) is 5.11. The van der Waals surface area contributed by atoms with Crippen LogP contribution < -0.4 is 16.1 Å². The summed E-state index contributed by atoms with van der Waals surface area (Å²) in [6, 6.07) is 8.48. The average molecular weight is 319 g/mol. The Morgan fingerprint density at radius 1 is 1.14 bits per heavy atom. The molecular formula is C13H9N3O5S. The maximum Gasteiger partial charge on any atom is 0.419 e. The monoisotopic (exact) mass is 319 g/mol. The zero-order valence-electron chi connectivity index (χ0n) is 10.9. The number of rotatable bonds is 3. The van der Waals surface area contributed by atoms with E-state index < -0.39 is 21.4 Å². The molecular weight excluding hydrogens is 310 g/mol. The topological polar surface area (TPSA) is 122 Å². The lowest BCUT2D eigenvalue weighted by molar-refractivity contribution is 0.460. The van der Waals surface area contributed by atoms with Gasteiger partial charge in [-0.2, -0.15) is 0 Å². The molecule has 2 N–H and O–H groups in total. The standard InChI is InChI=1S/C13H9N3O5S/c17-12-9-7-8(4-5-10(9)15-13(18)21-12)22(19,20)16-11-3-1-2-6-14-11/h1-7H,(H,14,16)(H,15,18). The van der Waals surface area contributed by atoms with Crippen LogP contribution in [-0.2, 0) is 10.0 Å². The van der Waals surface area contributed by atoms with E-state index in [0.717, 1.165) is 6.07 Å². The summed E-state index contributed by atoms with van der Waals surface area (Å²) in [5, 5.41) is -0.0384. The number of sulfonamides is 1. The first-order valence-electron chi connectivity index (χ1n) is 6.07. The summed E-state index contributed by atoms with van der Waals surface area (Å²) in [6.45, 7) is 0. The lowest BCUT2D eigenvalue weighted by atomic mass is 10.2. The summed E-state index contributed by atoms with van der Waals surface area (Å²) in [5.74, 6) is -0.754. The number of benzene rings is 1. The molecule has 1 aromatic carbocycles. The minimum Gasteiger partial charge on any atom is -0.372 e. The van der Waals surface area contributed by atoms with Crippen LogP contribution in [0.15, 0.2) is 61.5 Å². The summed E-state index contributed by atoms with van der Waals surface area (Å²) in [6.07, 6.45) is 1.44. The third-order valence-corrected chi connectivity index (χ3v) is 4.20. The van der Waals surface area contributed by atoms with Crippen molar-refractivity contribution in [3.8, 4) is 0 Å². The fourth-order valence-electron chi connectivity index (χ4n) is 1.86. The van der Waals surface area contributed by atoms with E-state index in [1.54, 1.807) is 12.1 Å². The Hall–Kier alpha value is -2.94. The Morgan fingerprint density at radius 2 is 1.95 bits per heavy atom. The summed E-state index contributed by atoms with van der Waals surface area (Å²) in [4.78, 5) is 28.7. The highest BCUT2D eigenvalue weighted by Gasteiger charge is 2.16. The van der Waals surface area contributed by atoms with Crippen molar-refractivity contribution in [3.63, 3.8) is 0 Å². The minimum absolute atomic E-state index is 0.0384. The lowest BCUT2D eigenvalue weighted by Crippen LogP contribution is -2.17. The molecule has 3 rings (SSSR count). The van der Waals surface area contributed by atoms with E-state index in [-0.39, 0.29) is 21.6 Å². The van der Waals surface area contributed by atoms with Crippen molar-refractivity contribution in [2.24, 2.45) is 0 Å². The van der Waals surface area contributed by atoms with Crippen LogP contribution in [-0.4, -0.2) is 18.4 Å².